The average Bonchev–Trinajstić information content (AvgIpc) is 2.43. The molecule has 20 heavy (non-hydrogen) atoms. The van der Waals surface area contributed by atoms with Gasteiger partial charge in [-0.15, -0.1) is 0 Å². The van der Waals surface area contributed by atoms with E-state index >= 15 is 0 Å². The molecule has 2 atom stereocenters. The number of rotatable bonds is 2. The van der Waals surface area contributed by atoms with Gasteiger partial charge in [0.1, 0.15) is 5.82 Å². The number of benzene rings is 2. The second kappa shape index (κ2) is 5.28. The molecular weight excluding hydrogens is 249 g/mol. The predicted molar refractivity (Wildman–Crippen MR) is 81.6 cm³/mol. The summed E-state index contributed by atoms with van der Waals surface area (Å²) in [6.07, 6.45) is 1.96. The summed E-state index contributed by atoms with van der Waals surface area (Å²) in [5.74, 6) is 0.405. The van der Waals surface area contributed by atoms with Crippen LogP contribution in [0.25, 0.3) is 0 Å². The molecule has 3 rings (SSSR count). The molecule has 0 saturated heterocycles. The first-order valence-electron chi connectivity index (χ1n) is 7.23. The molecule has 1 heterocycles. The summed E-state index contributed by atoms with van der Waals surface area (Å²) >= 11 is 0. The maximum atomic E-state index is 13.4. The predicted octanol–water partition coefficient (Wildman–Crippen LogP) is 4.35. The fourth-order valence-corrected chi connectivity index (χ4v) is 3.02. The molecule has 2 unspecified atom stereocenters. The van der Waals surface area contributed by atoms with E-state index in [9.17, 15) is 4.39 Å². The van der Waals surface area contributed by atoms with Crippen molar-refractivity contribution in [3.63, 3.8) is 0 Å². The van der Waals surface area contributed by atoms with Crippen molar-refractivity contribution >= 4 is 5.69 Å². The zero-order valence-corrected chi connectivity index (χ0v) is 12.0. The monoisotopic (exact) mass is 269 g/mol. The molecule has 0 fully saturated rings. The van der Waals surface area contributed by atoms with Gasteiger partial charge in [0.2, 0.25) is 0 Å². The number of anilines is 1. The molecule has 104 valence electrons. The van der Waals surface area contributed by atoms with Crippen LogP contribution in [0.3, 0.4) is 0 Å². The van der Waals surface area contributed by atoms with Crippen LogP contribution in [0.5, 0.6) is 0 Å². The fraction of sp³-hybridized carbons (Fsp3) is 0.333. The third kappa shape index (κ3) is 2.55. The first kappa shape index (κ1) is 13.2. The van der Waals surface area contributed by atoms with Gasteiger partial charge in [-0.3, -0.25) is 0 Å². The Bertz CT molecular complexity index is 621. The van der Waals surface area contributed by atoms with Crippen LogP contribution in [0.2, 0.25) is 0 Å². The van der Waals surface area contributed by atoms with E-state index in [1.54, 1.807) is 6.07 Å². The number of para-hydroxylation sites is 1. The van der Waals surface area contributed by atoms with Crippen LogP contribution < -0.4 is 5.32 Å². The summed E-state index contributed by atoms with van der Waals surface area (Å²) in [6.45, 7) is 4.32. The number of halogens is 1. The van der Waals surface area contributed by atoms with Crippen molar-refractivity contribution < 1.29 is 4.39 Å². The van der Waals surface area contributed by atoms with Crippen LogP contribution in [-0.2, 0) is 12.8 Å². The van der Waals surface area contributed by atoms with E-state index < -0.39 is 0 Å². The second-order valence-corrected chi connectivity index (χ2v) is 5.86. The lowest BCUT2D eigenvalue weighted by Crippen LogP contribution is -2.35. The molecule has 0 amide bonds. The van der Waals surface area contributed by atoms with Crippen LogP contribution in [-0.4, -0.2) is 6.04 Å². The van der Waals surface area contributed by atoms with Gasteiger partial charge in [0.25, 0.3) is 0 Å². The Kier molecular flexibility index (Phi) is 3.47. The Morgan fingerprint density at radius 3 is 2.85 bits per heavy atom. The Balaban J connectivity index is 1.83. The molecule has 0 aromatic heterocycles. The van der Waals surface area contributed by atoms with Gasteiger partial charge in [-0.1, -0.05) is 31.2 Å². The van der Waals surface area contributed by atoms with Crippen molar-refractivity contribution in [2.75, 3.05) is 5.32 Å². The molecule has 2 aromatic rings. The number of nitrogens with one attached hydrogen (secondary N) is 1. The average molecular weight is 269 g/mol. The molecule has 0 spiro atoms. The molecule has 0 aliphatic carbocycles. The van der Waals surface area contributed by atoms with E-state index in [1.165, 1.54) is 22.9 Å². The Labute approximate surface area is 119 Å². The summed E-state index contributed by atoms with van der Waals surface area (Å²) in [5.41, 5.74) is 4.88. The molecule has 1 N–H and O–H groups in total. The van der Waals surface area contributed by atoms with E-state index in [1.807, 2.05) is 6.07 Å². The second-order valence-electron chi connectivity index (χ2n) is 5.86. The summed E-state index contributed by atoms with van der Waals surface area (Å²) in [7, 11) is 0. The molecule has 0 radical (unpaired) electrons. The zero-order valence-electron chi connectivity index (χ0n) is 12.0. The van der Waals surface area contributed by atoms with Crippen molar-refractivity contribution in [2.45, 2.75) is 32.7 Å². The minimum Gasteiger partial charge on any atom is -0.381 e. The first-order valence-corrected chi connectivity index (χ1v) is 7.23. The van der Waals surface area contributed by atoms with Crippen molar-refractivity contribution in [1.29, 1.82) is 0 Å². The highest BCUT2D eigenvalue weighted by molar-refractivity contribution is 5.54. The molecule has 1 aliphatic rings. The normalized spacial score (nSPS) is 21.1. The SMILES string of the molecule is Cc1ccc(F)cc1CC1Nc2ccccc2CC1C. The van der Waals surface area contributed by atoms with Gasteiger partial charge >= 0.3 is 0 Å². The minimum atomic E-state index is -0.144. The zero-order chi connectivity index (χ0) is 14.1. The van der Waals surface area contributed by atoms with E-state index in [4.69, 9.17) is 0 Å². The highest BCUT2D eigenvalue weighted by Crippen LogP contribution is 2.30. The minimum absolute atomic E-state index is 0.144. The van der Waals surface area contributed by atoms with Crippen LogP contribution in [0.15, 0.2) is 42.5 Å². The smallest absolute Gasteiger partial charge is 0.123 e. The van der Waals surface area contributed by atoms with Gasteiger partial charge in [0.15, 0.2) is 0 Å². The summed E-state index contributed by atoms with van der Waals surface area (Å²) in [6, 6.07) is 13.9. The standard InChI is InChI=1S/C18H20FN/c1-12-7-8-16(19)10-15(12)11-18-13(2)9-14-5-3-4-6-17(14)20-18/h3-8,10,13,18,20H,9,11H2,1-2H3. The maximum Gasteiger partial charge on any atom is 0.123 e. The van der Waals surface area contributed by atoms with E-state index in [0.29, 0.717) is 12.0 Å². The Morgan fingerprint density at radius 1 is 1.20 bits per heavy atom. The molecule has 2 aromatic carbocycles. The molecule has 0 bridgehead atoms. The van der Waals surface area contributed by atoms with Crippen LogP contribution in [0, 0.1) is 18.7 Å². The lowest BCUT2D eigenvalue weighted by Gasteiger charge is -2.33. The van der Waals surface area contributed by atoms with Gasteiger partial charge in [0, 0.05) is 11.7 Å². The van der Waals surface area contributed by atoms with Crippen LogP contribution in [0.4, 0.5) is 10.1 Å². The summed E-state index contributed by atoms with van der Waals surface area (Å²) in [4.78, 5) is 0. The third-order valence-corrected chi connectivity index (χ3v) is 4.34. The summed E-state index contributed by atoms with van der Waals surface area (Å²) in [5, 5.41) is 3.62. The van der Waals surface area contributed by atoms with Crippen molar-refractivity contribution in [3.05, 3.63) is 65.0 Å². The van der Waals surface area contributed by atoms with Crippen molar-refractivity contribution in [3.8, 4) is 0 Å². The first-order chi connectivity index (χ1) is 9.63. The van der Waals surface area contributed by atoms with E-state index in [-0.39, 0.29) is 5.82 Å². The Hall–Kier alpha value is -1.83. The third-order valence-electron chi connectivity index (χ3n) is 4.34. The molecule has 1 aliphatic heterocycles. The molecule has 2 heteroatoms. The van der Waals surface area contributed by atoms with E-state index in [2.05, 4.69) is 43.4 Å². The lowest BCUT2D eigenvalue weighted by atomic mass is 9.85. The van der Waals surface area contributed by atoms with Crippen LogP contribution in [0.1, 0.15) is 23.6 Å². The van der Waals surface area contributed by atoms with Gasteiger partial charge in [-0.25, -0.2) is 4.39 Å². The number of hydrogen-bond acceptors (Lipinski definition) is 1. The van der Waals surface area contributed by atoms with Gasteiger partial charge < -0.3 is 5.32 Å². The number of fused-ring (bicyclic) bond motifs is 1. The highest BCUT2D eigenvalue weighted by Gasteiger charge is 2.24. The van der Waals surface area contributed by atoms with Crippen molar-refractivity contribution in [1.82, 2.24) is 0 Å². The Morgan fingerprint density at radius 2 is 2.00 bits per heavy atom. The fourth-order valence-electron chi connectivity index (χ4n) is 3.02. The molecule has 1 nitrogen and oxygen atoms in total. The maximum absolute atomic E-state index is 13.4. The van der Waals surface area contributed by atoms with Gasteiger partial charge in [-0.05, 0) is 60.6 Å². The largest absolute Gasteiger partial charge is 0.381 e. The number of aryl methyl sites for hydroxylation is 1. The van der Waals surface area contributed by atoms with Gasteiger partial charge in [0.05, 0.1) is 0 Å². The molecular formula is C18H20FN. The van der Waals surface area contributed by atoms with Gasteiger partial charge in [-0.2, -0.15) is 0 Å². The molecule has 0 saturated carbocycles. The topological polar surface area (TPSA) is 12.0 Å². The van der Waals surface area contributed by atoms with E-state index in [0.717, 1.165) is 18.4 Å². The summed E-state index contributed by atoms with van der Waals surface area (Å²) < 4.78 is 13.4. The van der Waals surface area contributed by atoms with Crippen molar-refractivity contribution in [2.24, 2.45) is 5.92 Å². The quantitative estimate of drug-likeness (QED) is 0.854. The van der Waals surface area contributed by atoms with Crippen LogP contribution >= 0.6 is 0 Å². The highest BCUT2D eigenvalue weighted by atomic mass is 19.1. The lowest BCUT2D eigenvalue weighted by molar-refractivity contribution is 0.460. The number of hydrogen-bond donors (Lipinski definition) is 1.